The van der Waals surface area contributed by atoms with E-state index >= 15 is 0 Å². The first kappa shape index (κ1) is 18.0. The van der Waals surface area contributed by atoms with Crippen LogP contribution in [0.15, 0.2) is 23.8 Å². The summed E-state index contributed by atoms with van der Waals surface area (Å²) in [5, 5.41) is 0. The zero-order chi connectivity index (χ0) is 16.1. The van der Waals surface area contributed by atoms with Gasteiger partial charge >= 0.3 is 18.9 Å². The van der Waals surface area contributed by atoms with E-state index in [1.807, 2.05) is 13.0 Å². The zero-order valence-electron chi connectivity index (χ0n) is 14.2. The van der Waals surface area contributed by atoms with Crippen molar-refractivity contribution in [3.05, 3.63) is 29.2 Å². The van der Waals surface area contributed by atoms with Crippen LogP contribution in [0.5, 0.6) is 0 Å². The van der Waals surface area contributed by atoms with Gasteiger partial charge in [-0.15, -0.1) is 0 Å². The van der Waals surface area contributed by atoms with Crippen molar-refractivity contribution >= 4 is 17.6 Å². The first-order valence-electron chi connectivity index (χ1n) is 7.74. The standard InChI is InChI=1S/C17H22N2O3.Li/c1-16(2)11-8-9-17(16,3)13(20)12(11)15(22)19-18-14(21)10-6-4-5-7-10;/h4-6,11-12H,7-9H2,1-3H3,(H2,18,19,21,22);/q;+1/p-1. The van der Waals surface area contributed by atoms with Crippen LogP contribution in [0.2, 0.25) is 0 Å². The molecule has 2 amide bonds. The fraction of sp³-hybridized carbons (Fsp3) is 0.588. The van der Waals surface area contributed by atoms with Gasteiger partial charge in [-0.25, -0.2) is 0 Å². The predicted octanol–water partition coefficient (Wildman–Crippen LogP) is -0.550. The molecule has 0 aromatic heterocycles. The molecule has 118 valence electrons. The van der Waals surface area contributed by atoms with Gasteiger partial charge < -0.3 is 15.6 Å². The van der Waals surface area contributed by atoms with Crippen LogP contribution in [0, 0.1) is 22.7 Å². The van der Waals surface area contributed by atoms with Gasteiger partial charge in [0.15, 0.2) is 5.78 Å². The number of carbonyl (C=O) groups excluding carboxylic acids is 3. The quantitative estimate of drug-likeness (QED) is 0.422. The summed E-state index contributed by atoms with van der Waals surface area (Å²) in [6.45, 7) is 6.08. The van der Waals surface area contributed by atoms with Crippen LogP contribution in [0.4, 0.5) is 0 Å². The Morgan fingerprint density at radius 3 is 2.52 bits per heavy atom. The van der Waals surface area contributed by atoms with Gasteiger partial charge in [0.05, 0.1) is 11.8 Å². The van der Waals surface area contributed by atoms with Crippen molar-refractivity contribution in [2.45, 2.75) is 40.0 Å². The minimum absolute atomic E-state index is 0. The molecule has 0 radical (unpaired) electrons. The predicted molar refractivity (Wildman–Crippen MR) is 81.5 cm³/mol. The minimum atomic E-state index is -0.680. The normalized spacial score (nSPS) is 33.2. The van der Waals surface area contributed by atoms with Crippen LogP contribution in [-0.4, -0.2) is 17.6 Å². The van der Waals surface area contributed by atoms with Crippen molar-refractivity contribution in [3.63, 3.8) is 0 Å². The van der Waals surface area contributed by atoms with Gasteiger partial charge in [0, 0.05) is 5.41 Å². The molecule has 2 fully saturated rings. The number of carbonyl (C=O) groups is 3. The first-order chi connectivity index (χ1) is 10.3. The molecule has 0 spiro atoms. The molecular formula is C17H21LiN2O3. The molecule has 3 unspecified atom stereocenters. The fourth-order valence-corrected chi connectivity index (χ4v) is 4.24. The van der Waals surface area contributed by atoms with Crippen LogP contribution in [0.3, 0.4) is 0 Å². The number of rotatable bonds is 2. The molecule has 0 heterocycles. The maximum absolute atomic E-state index is 12.6. The second-order valence-electron chi connectivity index (χ2n) is 7.26. The molecule has 6 heteroatoms. The molecule has 0 aromatic rings. The Morgan fingerprint density at radius 2 is 2.00 bits per heavy atom. The molecule has 3 aliphatic rings. The molecule has 2 bridgehead atoms. The number of amides is 2. The van der Waals surface area contributed by atoms with Gasteiger partial charge in [-0.05, 0) is 36.2 Å². The topological polar surface area (TPSA) is 77.3 Å². The molecule has 3 rings (SSSR count). The number of Topliss-reactive ketones (excluding diaryl/α,β-unsaturated/α-hetero) is 1. The molecule has 0 aliphatic heterocycles. The molecule has 3 aliphatic carbocycles. The monoisotopic (exact) mass is 308 g/mol. The number of fused-ring (bicyclic) bond motifs is 2. The van der Waals surface area contributed by atoms with Crippen molar-refractivity contribution in [1.82, 2.24) is 5.43 Å². The van der Waals surface area contributed by atoms with Crippen LogP contribution >= 0.6 is 0 Å². The van der Waals surface area contributed by atoms with E-state index in [0.717, 1.165) is 12.8 Å². The van der Waals surface area contributed by atoms with E-state index in [1.54, 1.807) is 12.2 Å². The number of nitrogens with zero attached hydrogens (tertiary/aromatic N) is 1. The Kier molecular flexibility index (Phi) is 4.67. The average Bonchev–Trinajstić information content (AvgIpc) is 3.10. The Labute approximate surface area is 148 Å². The van der Waals surface area contributed by atoms with Gasteiger partial charge in [-0.1, -0.05) is 39.0 Å². The third-order valence-corrected chi connectivity index (χ3v) is 6.13. The summed E-state index contributed by atoms with van der Waals surface area (Å²) in [5.41, 5.74) is 5.88. The third kappa shape index (κ3) is 2.51. The summed E-state index contributed by atoms with van der Waals surface area (Å²) in [6.07, 6.45) is 7.57. The van der Waals surface area contributed by atoms with Crippen molar-refractivity contribution in [1.29, 1.82) is 0 Å². The third-order valence-electron chi connectivity index (χ3n) is 6.13. The summed E-state index contributed by atoms with van der Waals surface area (Å²) in [5.74, 6) is -1.54. The molecule has 0 aromatic carbocycles. The molecule has 0 saturated heterocycles. The second-order valence-corrected chi connectivity index (χ2v) is 7.26. The van der Waals surface area contributed by atoms with Crippen molar-refractivity contribution in [3.8, 4) is 0 Å². The van der Waals surface area contributed by atoms with E-state index in [1.165, 1.54) is 0 Å². The van der Waals surface area contributed by atoms with Crippen molar-refractivity contribution in [2.75, 3.05) is 0 Å². The van der Waals surface area contributed by atoms with Gasteiger partial charge in [-0.2, -0.15) is 0 Å². The van der Waals surface area contributed by atoms with E-state index in [4.69, 9.17) is 0 Å². The van der Waals surface area contributed by atoms with Crippen molar-refractivity contribution < 1.29 is 33.2 Å². The van der Waals surface area contributed by atoms with Gasteiger partial charge in [0.25, 0.3) is 0 Å². The van der Waals surface area contributed by atoms with Crippen LogP contribution in [0.1, 0.15) is 40.0 Å². The number of ketones is 1. The Morgan fingerprint density at radius 1 is 1.30 bits per heavy atom. The Hall–Kier alpha value is -1.31. The number of hydrogen-bond acceptors (Lipinski definition) is 3. The van der Waals surface area contributed by atoms with Crippen LogP contribution in [-0.2, 0) is 14.4 Å². The van der Waals surface area contributed by atoms with E-state index < -0.39 is 23.1 Å². The largest absolute Gasteiger partial charge is 1.00 e. The summed E-state index contributed by atoms with van der Waals surface area (Å²) >= 11 is 0. The molecule has 3 atom stereocenters. The molecule has 5 nitrogen and oxygen atoms in total. The average molecular weight is 308 g/mol. The second kappa shape index (κ2) is 5.96. The molecular weight excluding hydrogens is 287 g/mol. The van der Waals surface area contributed by atoms with Crippen molar-refractivity contribution in [2.24, 2.45) is 22.7 Å². The smallest absolute Gasteiger partial charge is 0.560 e. The summed E-state index contributed by atoms with van der Waals surface area (Å²) in [6, 6.07) is 0. The van der Waals surface area contributed by atoms with E-state index in [9.17, 15) is 14.4 Å². The Balaban J connectivity index is 0.00000192. The van der Waals surface area contributed by atoms with Crippen LogP contribution in [0.25, 0.3) is 5.43 Å². The maximum atomic E-state index is 12.6. The summed E-state index contributed by atoms with van der Waals surface area (Å²) in [7, 11) is 0. The van der Waals surface area contributed by atoms with Crippen LogP contribution < -0.4 is 24.3 Å². The van der Waals surface area contributed by atoms with E-state index in [-0.39, 0.29) is 36.0 Å². The number of allylic oxidation sites excluding steroid dienone is 3. The minimum Gasteiger partial charge on any atom is -0.560 e. The molecule has 2 saturated carbocycles. The SMILES string of the molecule is CC12CCC(C(C(=O)N[N-]C(=O)C3=CC=CC3)C1=O)C2(C)C.[Li+]. The van der Waals surface area contributed by atoms with E-state index in [0.29, 0.717) is 12.0 Å². The Bertz CT molecular complexity index is 623. The summed E-state index contributed by atoms with van der Waals surface area (Å²) < 4.78 is 0. The first-order valence-corrected chi connectivity index (χ1v) is 7.74. The van der Waals surface area contributed by atoms with Gasteiger partial charge in [0.2, 0.25) is 5.91 Å². The zero-order valence-corrected chi connectivity index (χ0v) is 14.2. The number of hydrogen-bond donors (Lipinski definition) is 1. The molecule has 1 N–H and O–H groups in total. The van der Waals surface area contributed by atoms with E-state index in [2.05, 4.69) is 24.7 Å². The fourth-order valence-electron chi connectivity index (χ4n) is 4.24. The van der Waals surface area contributed by atoms with Gasteiger partial charge in [-0.3, -0.25) is 9.59 Å². The summed E-state index contributed by atoms with van der Waals surface area (Å²) in [4.78, 5) is 36.8. The molecule has 23 heavy (non-hydrogen) atoms. The number of nitrogens with one attached hydrogen (secondary N) is 1. The van der Waals surface area contributed by atoms with Gasteiger partial charge in [0.1, 0.15) is 0 Å². The maximum Gasteiger partial charge on any atom is 1.00 e.